The van der Waals surface area contributed by atoms with Crippen LogP contribution in [0.4, 0.5) is 0 Å². The average Bonchev–Trinajstić information content (AvgIpc) is 2.49. The zero-order chi connectivity index (χ0) is 15.1. The van der Waals surface area contributed by atoms with Crippen LogP contribution < -0.4 is 5.32 Å². The third-order valence-electron chi connectivity index (χ3n) is 3.32. The number of benzene rings is 2. The van der Waals surface area contributed by atoms with E-state index in [-0.39, 0.29) is 11.8 Å². The Hall–Kier alpha value is -1.65. The molecule has 0 amide bonds. The van der Waals surface area contributed by atoms with E-state index in [0.29, 0.717) is 5.75 Å². The summed E-state index contributed by atoms with van der Waals surface area (Å²) in [4.78, 5) is 0. The first-order chi connectivity index (χ1) is 10.2. The lowest BCUT2D eigenvalue weighted by Crippen LogP contribution is -2.24. The van der Waals surface area contributed by atoms with Crippen molar-refractivity contribution in [1.82, 2.24) is 5.32 Å². The molecule has 112 valence electrons. The number of rotatable bonds is 7. The molecule has 0 aromatic heterocycles. The second-order valence-electron chi connectivity index (χ2n) is 5.02. The van der Waals surface area contributed by atoms with Gasteiger partial charge in [0.15, 0.2) is 0 Å². The van der Waals surface area contributed by atoms with Gasteiger partial charge in [-0.1, -0.05) is 42.5 Å². The Balaban J connectivity index is 2.11. The largest absolute Gasteiger partial charge is 0.508 e. The topological polar surface area (TPSA) is 49.3 Å². The highest BCUT2D eigenvalue weighted by atomic mass is 32.2. The van der Waals surface area contributed by atoms with Crippen LogP contribution in [0.2, 0.25) is 0 Å². The summed E-state index contributed by atoms with van der Waals surface area (Å²) in [5.74, 6) is 0.983. The van der Waals surface area contributed by atoms with Crippen LogP contribution in [0.1, 0.15) is 23.6 Å². The van der Waals surface area contributed by atoms with Crippen molar-refractivity contribution in [3.8, 4) is 5.75 Å². The molecule has 3 nitrogen and oxygen atoms in total. The first-order valence-corrected chi connectivity index (χ1v) is 8.77. The Morgan fingerprint density at radius 3 is 2.29 bits per heavy atom. The number of phenols is 1. The third kappa shape index (κ3) is 4.99. The zero-order valence-corrected chi connectivity index (χ0v) is 13.0. The molecular weight excluding hydrogens is 282 g/mol. The summed E-state index contributed by atoms with van der Waals surface area (Å²) < 4.78 is 11.1. The van der Waals surface area contributed by atoms with E-state index in [9.17, 15) is 9.32 Å². The molecule has 0 aliphatic rings. The van der Waals surface area contributed by atoms with Crippen molar-refractivity contribution in [2.24, 2.45) is 0 Å². The molecule has 0 heterocycles. The maximum absolute atomic E-state index is 11.1. The van der Waals surface area contributed by atoms with Gasteiger partial charge in [-0.25, -0.2) is 0 Å². The standard InChI is InChI=1S/C17H21NO2S/c1-21(20)13-5-12-18-17(14-6-3-2-4-7-14)15-8-10-16(19)11-9-15/h2-4,6-11,17-19H,5,12-13H2,1H3. The summed E-state index contributed by atoms with van der Waals surface area (Å²) in [5, 5.41) is 12.9. The first-order valence-electron chi connectivity index (χ1n) is 7.04. The highest BCUT2D eigenvalue weighted by Crippen LogP contribution is 2.23. The maximum Gasteiger partial charge on any atom is 0.115 e. The summed E-state index contributed by atoms with van der Waals surface area (Å²) in [6.07, 6.45) is 2.61. The molecule has 4 heteroatoms. The molecule has 0 saturated heterocycles. The number of aromatic hydroxyl groups is 1. The van der Waals surface area contributed by atoms with Gasteiger partial charge < -0.3 is 10.4 Å². The van der Waals surface area contributed by atoms with Gasteiger partial charge >= 0.3 is 0 Å². The van der Waals surface area contributed by atoms with Gasteiger partial charge in [-0.05, 0) is 36.2 Å². The van der Waals surface area contributed by atoms with Gasteiger partial charge in [0.25, 0.3) is 0 Å². The number of nitrogens with one attached hydrogen (secondary N) is 1. The quantitative estimate of drug-likeness (QED) is 0.773. The van der Waals surface area contributed by atoms with E-state index in [4.69, 9.17) is 0 Å². The van der Waals surface area contributed by atoms with Crippen LogP contribution in [0.3, 0.4) is 0 Å². The highest BCUT2D eigenvalue weighted by Gasteiger charge is 2.13. The molecule has 2 aromatic carbocycles. The van der Waals surface area contributed by atoms with E-state index in [1.54, 1.807) is 18.4 Å². The summed E-state index contributed by atoms with van der Waals surface area (Å²) >= 11 is 0. The fourth-order valence-electron chi connectivity index (χ4n) is 2.26. The van der Waals surface area contributed by atoms with Crippen molar-refractivity contribution in [2.75, 3.05) is 18.6 Å². The van der Waals surface area contributed by atoms with Gasteiger partial charge in [0.05, 0.1) is 6.04 Å². The Morgan fingerprint density at radius 2 is 1.67 bits per heavy atom. The second kappa shape index (κ2) is 7.96. The van der Waals surface area contributed by atoms with Gasteiger partial charge in [-0.3, -0.25) is 4.21 Å². The summed E-state index contributed by atoms with van der Waals surface area (Å²) in [6.45, 7) is 0.806. The molecule has 0 fully saturated rings. The van der Waals surface area contributed by atoms with Crippen molar-refractivity contribution < 1.29 is 9.32 Å². The average molecular weight is 303 g/mol. The van der Waals surface area contributed by atoms with Crippen LogP contribution in [0.5, 0.6) is 5.75 Å². The van der Waals surface area contributed by atoms with Crippen LogP contribution >= 0.6 is 0 Å². The molecule has 2 unspecified atom stereocenters. The number of hydrogen-bond donors (Lipinski definition) is 2. The monoisotopic (exact) mass is 303 g/mol. The molecule has 0 radical (unpaired) electrons. The lowest BCUT2D eigenvalue weighted by atomic mass is 9.98. The molecule has 2 atom stereocenters. The van der Waals surface area contributed by atoms with Crippen molar-refractivity contribution in [3.05, 3.63) is 65.7 Å². The fraction of sp³-hybridized carbons (Fsp3) is 0.294. The van der Waals surface area contributed by atoms with Crippen LogP contribution in [-0.2, 0) is 10.8 Å². The normalized spacial score (nSPS) is 13.8. The van der Waals surface area contributed by atoms with Crippen LogP contribution in [0.15, 0.2) is 54.6 Å². The van der Waals surface area contributed by atoms with Gasteiger partial charge in [-0.15, -0.1) is 0 Å². The lowest BCUT2D eigenvalue weighted by Gasteiger charge is -2.20. The van der Waals surface area contributed by atoms with E-state index in [2.05, 4.69) is 17.4 Å². The van der Waals surface area contributed by atoms with Gasteiger partial charge in [0.2, 0.25) is 0 Å². The maximum atomic E-state index is 11.1. The van der Waals surface area contributed by atoms with Gasteiger partial charge in [0.1, 0.15) is 5.75 Å². The summed E-state index contributed by atoms with van der Waals surface area (Å²) in [6, 6.07) is 17.6. The predicted molar refractivity (Wildman–Crippen MR) is 87.9 cm³/mol. The molecule has 0 bridgehead atoms. The Labute approximate surface area is 128 Å². The lowest BCUT2D eigenvalue weighted by molar-refractivity contribution is 0.474. The predicted octanol–water partition coefficient (Wildman–Crippen LogP) is 2.84. The minimum absolute atomic E-state index is 0.0806. The second-order valence-corrected chi connectivity index (χ2v) is 6.57. The molecule has 0 aliphatic heterocycles. The molecule has 0 saturated carbocycles. The molecular formula is C17H21NO2S. The van der Waals surface area contributed by atoms with E-state index in [1.165, 1.54) is 5.56 Å². The SMILES string of the molecule is CS(=O)CCCNC(c1ccccc1)c1ccc(O)cc1. The molecule has 21 heavy (non-hydrogen) atoms. The van der Waals surface area contributed by atoms with E-state index in [0.717, 1.165) is 18.5 Å². The van der Waals surface area contributed by atoms with Crippen molar-refractivity contribution in [2.45, 2.75) is 12.5 Å². The molecule has 2 rings (SSSR count). The molecule has 2 aromatic rings. The van der Waals surface area contributed by atoms with Gasteiger partial charge in [0, 0.05) is 22.8 Å². The Kier molecular flexibility index (Phi) is 5.96. The van der Waals surface area contributed by atoms with E-state index >= 15 is 0 Å². The number of phenolic OH excluding ortho intramolecular Hbond substituents is 1. The summed E-state index contributed by atoms with van der Waals surface area (Å²) in [5.41, 5.74) is 2.29. The van der Waals surface area contributed by atoms with Crippen molar-refractivity contribution in [1.29, 1.82) is 0 Å². The minimum atomic E-state index is -0.745. The van der Waals surface area contributed by atoms with E-state index in [1.807, 2.05) is 30.3 Å². The van der Waals surface area contributed by atoms with Crippen molar-refractivity contribution in [3.63, 3.8) is 0 Å². The third-order valence-corrected chi connectivity index (χ3v) is 4.18. The smallest absolute Gasteiger partial charge is 0.115 e. The molecule has 0 spiro atoms. The number of hydrogen-bond acceptors (Lipinski definition) is 3. The fourth-order valence-corrected chi connectivity index (χ4v) is 2.81. The first kappa shape index (κ1) is 15.7. The van der Waals surface area contributed by atoms with Gasteiger partial charge in [-0.2, -0.15) is 0 Å². The molecule has 0 aliphatic carbocycles. The highest BCUT2D eigenvalue weighted by molar-refractivity contribution is 7.84. The Morgan fingerprint density at radius 1 is 1.05 bits per heavy atom. The van der Waals surface area contributed by atoms with E-state index < -0.39 is 10.8 Å². The minimum Gasteiger partial charge on any atom is -0.508 e. The van der Waals surface area contributed by atoms with Crippen LogP contribution in [0.25, 0.3) is 0 Å². The van der Waals surface area contributed by atoms with Crippen molar-refractivity contribution >= 4 is 10.8 Å². The molecule has 2 N–H and O–H groups in total. The van der Waals surface area contributed by atoms with Crippen LogP contribution in [-0.4, -0.2) is 27.9 Å². The Bertz CT molecular complexity index is 569. The van der Waals surface area contributed by atoms with Crippen LogP contribution in [0, 0.1) is 0 Å². The zero-order valence-electron chi connectivity index (χ0n) is 12.2. The summed E-state index contributed by atoms with van der Waals surface area (Å²) in [7, 11) is -0.745.